The van der Waals surface area contributed by atoms with Crippen molar-refractivity contribution < 1.29 is 8.76 Å². The van der Waals surface area contributed by atoms with Gasteiger partial charge in [-0.05, 0) is 60.5 Å². The number of hydrogen-bond donors (Lipinski definition) is 0. The number of nitrogens with zero attached hydrogens (tertiary/aromatic N) is 1. The zero-order chi connectivity index (χ0) is 15.9. The van der Waals surface area contributed by atoms with Crippen LogP contribution in [0.2, 0.25) is 0 Å². The van der Waals surface area contributed by atoms with Crippen LogP contribution < -0.4 is 0 Å². The van der Waals surface area contributed by atoms with Gasteiger partial charge in [-0.1, -0.05) is 44.1 Å². The second-order valence-electron chi connectivity index (χ2n) is 5.59. The minimum Gasteiger partial charge on any atom is -0.768 e. The first-order valence-corrected chi connectivity index (χ1v) is 8.83. The highest BCUT2D eigenvalue weighted by molar-refractivity contribution is 7.79. The topological polar surface area (TPSA) is 52.5 Å². The van der Waals surface area contributed by atoms with E-state index in [1.807, 2.05) is 12.1 Å². The maximum atomic E-state index is 11.3. The zero-order valence-corrected chi connectivity index (χ0v) is 13.9. The van der Waals surface area contributed by atoms with Crippen LogP contribution in [0.4, 0.5) is 5.69 Å². The molecule has 1 aliphatic carbocycles. The Bertz CT molecular complexity index is 632. The molecule has 2 atom stereocenters. The first-order valence-electron chi connectivity index (χ1n) is 7.75. The van der Waals surface area contributed by atoms with E-state index in [0.29, 0.717) is 11.6 Å². The lowest BCUT2D eigenvalue weighted by molar-refractivity contribution is 0.537. The molecule has 0 N–H and O–H groups in total. The van der Waals surface area contributed by atoms with E-state index in [2.05, 4.69) is 31.0 Å². The van der Waals surface area contributed by atoms with Crippen molar-refractivity contribution in [3.05, 3.63) is 48.1 Å². The summed E-state index contributed by atoms with van der Waals surface area (Å²) < 4.78 is 22.6. The number of para-hydroxylation sites is 1. The van der Waals surface area contributed by atoms with Gasteiger partial charge in [0, 0.05) is 0 Å². The third kappa shape index (κ3) is 4.49. The summed E-state index contributed by atoms with van der Waals surface area (Å²) in [7, 11) is 0. The molecule has 2 rings (SSSR count). The number of allylic oxidation sites excluding steroid dienone is 4. The summed E-state index contributed by atoms with van der Waals surface area (Å²) in [4.78, 5) is 4.81. The Hall–Kier alpha value is -1.52. The van der Waals surface area contributed by atoms with Crippen LogP contribution in [0.3, 0.4) is 0 Å². The van der Waals surface area contributed by atoms with Crippen LogP contribution in [0, 0.1) is 5.92 Å². The van der Waals surface area contributed by atoms with Crippen molar-refractivity contribution in [3.63, 3.8) is 0 Å². The van der Waals surface area contributed by atoms with E-state index in [4.69, 9.17) is 0 Å². The van der Waals surface area contributed by atoms with Gasteiger partial charge in [-0.2, -0.15) is 0 Å². The van der Waals surface area contributed by atoms with Gasteiger partial charge < -0.3 is 4.55 Å². The maximum Gasteiger partial charge on any atom is 0.0786 e. The lowest BCUT2D eigenvalue weighted by atomic mass is 9.90. The Labute approximate surface area is 135 Å². The average molecular weight is 316 g/mol. The molecule has 0 heterocycles. The SMILES string of the molecule is CCC/C1=C/C(=Nc2ccccc2S(=O)[O-])/C=C\CCC1C. The summed E-state index contributed by atoms with van der Waals surface area (Å²) >= 11 is -2.27. The fourth-order valence-electron chi connectivity index (χ4n) is 2.62. The standard InChI is InChI=1S/C18H23NO2S/c1-3-8-15-13-16(10-5-4-9-14(15)2)19-17-11-6-7-12-18(17)22(20)21/h5-7,10-14H,3-4,8-9H2,1-2H3,(H,20,21)/p-1/b10-5-,15-13-,19-16?. The molecule has 0 fully saturated rings. The largest absolute Gasteiger partial charge is 0.768 e. The van der Waals surface area contributed by atoms with Gasteiger partial charge in [-0.3, -0.25) is 4.21 Å². The number of aliphatic imine (C=N–C) groups is 1. The quantitative estimate of drug-likeness (QED) is 0.755. The van der Waals surface area contributed by atoms with Crippen LogP contribution in [0.15, 0.2) is 58.0 Å². The molecule has 0 saturated carbocycles. The molecule has 1 aromatic carbocycles. The van der Waals surface area contributed by atoms with Gasteiger partial charge in [0.1, 0.15) is 0 Å². The van der Waals surface area contributed by atoms with E-state index >= 15 is 0 Å². The van der Waals surface area contributed by atoms with Crippen LogP contribution in [0.25, 0.3) is 0 Å². The van der Waals surface area contributed by atoms with Crippen LogP contribution in [-0.4, -0.2) is 14.5 Å². The summed E-state index contributed by atoms with van der Waals surface area (Å²) in [6.45, 7) is 4.42. The van der Waals surface area contributed by atoms with E-state index < -0.39 is 11.1 Å². The molecule has 1 aliphatic rings. The van der Waals surface area contributed by atoms with Crippen LogP contribution in [0.1, 0.15) is 39.5 Å². The van der Waals surface area contributed by atoms with Crippen molar-refractivity contribution in [2.45, 2.75) is 44.4 Å². The minimum absolute atomic E-state index is 0.240. The Morgan fingerprint density at radius 3 is 2.86 bits per heavy atom. The summed E-state index contributed by atoms with van der Waals surface area (Å²) in [5, 5.41) is 0. The van der Waals surface area contributed by atoms with Gasteiger partial charge >= 0.3 is 0 Å². The van der Waals surface area contributed by atoms with Gasteiger partial charge in [-0.25, -0.2) is 4.99 Å². The molecule has 2 unspecified atom stereocenters. The summed E-state index contributed by atoms with van der Waals surface area (Å²) in [6.07, 6.45) is 10.6. The second-order valence-corrected chi connectivity index (χ2v) is 6.50. The highest BCUT2D eigenvalue weighted by Crippen LogP contribution is 2.26. The molecule has 0 amide bonds. The Morgan fingerprint density at radius 2 is 2.14 bits per heavy atom. The first kappa shape index (κ1) is 16.8. The minimum atomic E-state index is -2.27. The Kier molecular flexibility index (Phi) is 6.28. The molecular formula is C18H22NO2S-. The number of hydrogen-bond acceptors (Lipinski definition) is 3. The van der Waals surface area contributed by atoms with E-state index in [9.17, 15) is 8.76 Å². The molecule has 3 nitrogen and oxygen atoms in total. The lowest BCUT2D eigenvalue weighted by Gasteiger charge is -2.17. The lowest BCUT2D eigenvalue weighted by Crippen LogP contribution is -2.05. The molecule has 0 aromatic heterocycles. The average Bonchev–Trinajstić information content (AvgIpc) is 2.49. The smallest absolute Gasteiger partial charge is 0.0786 e. The maximum absolute atomic E-state index is 11.3. The van der Waals surface area contributed by atoms with Gasteiger partial charge in [0.05, 0.1) is 16.3 Å². The molecular weight excluding hydrogens is 294 g/mol. The van der Waals surface area contributed by atoms with Gasteiger partial charge in [0.2, 0.25) is 0 Å². The monoisotopic (exact) mass is 316 g/mol. The highest BCUT2D eigenvalue weighted by Gasteiger charge is 2.11. The van der Waals surface area contributed by atoms with E-state index in [1.165, 1.54) is 5.57 Å². The molecule has 0 aliphatic heterocycles. The number of benzene rings is 1. The predicted octanol–water partition coefficient (Wildman–Crippen LogP) is 4.71. The third-order valence-corrected chi connectivity index (χ3v) is 4.56. The molecule has 0 bridgehead atoms. The summed E-state index contributed by atoms with van der Waals surface area (Å²) in [5.74, 6) is 0.541. The van der Waals surface area contributed by atoms with Crippen molar-refractivity contribution in [3.8, 4) is 0 Å². The van der Waals surface area contributed by atoms with Crippen molar-refractivity contribution in [1.82, 2.24) is 0 Å². The molecule has 1 aromatic rings. The van der Waals surface area contributed by atoms with Crippen LogP contribution >= 0.6 is 0 Å². The van der Waals surface area contributed by atoms with Gasteiger partial charge in [-0.15, -0.1) is 0 Å². The second kappa shape index (κ2) is 8.20. The Balaban J connectivity index is 2.43. The summed E-state index contributed by atoms with van der Waals surface area (Å²) in [6, 6.07) is 6.83. The van der Waals surface area contributed by atoms with Crippen molar-refractivity contribution in [1.29, 1.82) is 0 Å². The van der Waals surface area contributed by atoms with E-state index in [-0.39, 0.29) is 4.90 Å². The zero-order valence-electron chi connectivity index (χ0n) is 13.1. The molecule has 0 spiro atoms. The fourth-order valence-corrected chi connectivity index (χ4v) is 3.10. The predicted molar refractivity (Wildman–Crippen MR) is 91.3 cm³/mol. The Morgan fingerprint density at radius 1 is 1.36 bits per heavy atom. The highest BCUT2D eigenvalue weighted by atomic mass is 32.2. The van der Waals surface area contributed by atoms with Crippen molar-refractivity contribution in [2.24, 2.45) is 10.9 Å². The number of rotatable bonds is 4. The van der Waals surface area contributed by atoms with Crippen LogP contribution in [-0.2, 0) is 11.1 Å². The molecule has 4 heteroatoms. The van der Waals surface area contributed by atoms with Gasteiger partial charge in [0.15, 0.2) is 0 Å². The third-order valence-electron chi connectivity index (χ3n) is 3.85. The molecule has 0 radical (unpaired) electrons. The van der Waals surface area contributed by atoms with Crippen molar-refractivity contribution in [2.75, 3.05) is 0 Å². The van der Waals surface area contributed by atoms with Gasteiger partial charge in [0.25, 0.3) is 0 Å². The van der Waals surface area contributed by atoms with E-state index in [1.54, 1.807) is 18.2 Å². The molecule has 22 heavy (non-hydrogen) atoms. The molecule has 0 saturated heterocycles. The van der Waals surface area contributed by atoms with E-state index in [0.717, 1.165) is 31.4 Å². The first-order chi connectivity index (χ1) is 10.6. The van der Waals surface area contributed by atoms with Crippen molar-refractivity contribution >= 4 is 22.5 Å². The molecule has 118 valence electrons. The fraction of sp³-hybridized carbons (Fsp3) is 0.389. The van der Waals surface area contributed by atoms with Crippen LogP contribution in [0.5, 0.6) is 0 Å². The summed E-state index contributed by atoms with van der Waals surface area (Å²) in [5.41, 5.74) is 2.72. The normalized spacial score (nSPS) is 25.9.